The molecule has 2 amide bonds. The molecular weight excluding hydrogens is 254 g/mol. The Morgan fingerprint density at radius 2 is 2.06 bits per heavy atom. The Morgan fingerprint density at radius 3 is 2.56 bits per heavy atom. The first-order chi connectivity index (χ1) is 8.25. The Morgan fingerprint density at radius 1 is 1.44 bits per heavy atom. The number of urea groups is 1. The molecule has 1 rings (SSSR count). The fraction of sp³-hybridized carbons (Fsp3) is 0.364. The van der Waals surface area contributed by atoms with E-state index >= 15 is 0 Å². The maximum Gasteiger partial charge on any atom is 0.321 e. The van der Waals surface area contributed by atoms with Gasteiger partial charge in [-0.2, -0.15) is 0 Å². The first-order valence-electron chi connectivity index (χ1n) is 5.41. The van der Waals surface area contributed by atoms with Crippen molar-refractivity contribution in [3.8, 4) is 0 Å². The van der Waals surface area contributed by atoms with Gasteiger partial charge in [-0.15, -0.1) is 0 Å². The van der Waals surface area contributed by atoms with Crippen molar-refractivity contribution in [3.63, 3.8) is 0 Å². The normalized spacial score (nSPS) is 11.1. The van der Waals surface area contributed by atoms with Crippen LogP contribution in [-0.2, 0) is 10.0 Å². The first kappa shape index (κ1) is 14.5. The molecule has 0 unspecified atom stereocenters. The van der Waals surface area contributed by atoms with Crippen LogP contribution < -0.4 is 10.5 Å². The zero-order valence-corrected chi connectivity index (χ0v) is 11.4. The summed E-state index contributed by atoms with van der Waals surface area (Å²) in [7, 11) is -2.12. The van der Waals surface area contributed by atoms with Crippen LogP contribution in [0.25, 0.3) is 0 Å². The summed E-state index contributed by atoms with van der Waals surface area (Å²) >= 11 is 0. The summed E-state index contributed by atoms with van der Waals surface area (Å²) in [6.07, 6.45) is 0. The summed E-state index contributed by atoms with van der Waals surface area (Å²) in [4.78, 5) is 13.1. The molecule has 3 N–H and O–H groups in total. The standard InChI is InChI=1S/C11H17N3O3S/c1-4-14(3)11(15)13-10-7-9(18(12,16)17)6-5-8(10)2/h5-7H,4H2,1-3H3,(H,13,15)(H2,12,16,17). The molecule has 0 aromatic heterocycles. The molecule has 0 fully saturated rings. The highest BCUT2D eigenvalue weighted by Crippen LogP contribution is 2.19. The molecule has 1 aromatic carbocycles. The summed E-state index contributed by atoms with van der Waals surface area (Å²) in [5.41, 5.74) is 1.20. The predicted octanol–water partition coefficient (Wildman–Crippen LogP) is 1.13. The van der Waals surface area contributed by atoms with Crippen molar-refractivity contribution in [2.75, 3.05) is 18.9 Å². The smallest absolute Gasteiger partial charge is 0.321 e. The molecule has 0 bridgehead atoms. The van der Waals surface area contributed by atoms with Gasteiger partial charge in [-0.1, -0.05) is 6.07 Å². The van der Waals surface area contributed by atoms with Gasteiger partial charge in [0.05, 0.1) is 4.90 Å². The van der Waals surface area contributed by atoms with Crippen LogP contribution in [0, 0.1) is 6.92 Å². The minimum absolute atomic E-state index is 0.0254. The summed E-state index contributed by atoms with van der Waals surface area (Å²) in [6, 6.07) is 4.06. The summed E-state index contributed by atoms with van der Waals surface area (Å²) in [6.45, 7) is 4.17. The molecular formula is C11H17N3O3S. The van der Waals surface area contributed by atoms with Crippen molar-refractivity contribution < 1.29 is 13.2 Å². The summed E-state index contributed by atoms with van der Waals surface area (Å²) in [5, 5.41) is 7.68. The number of nitrogens with two attached hydrogens (primary N) is 1. The van der Waals surface area contributed by atoms with Crippen molar-refractivity contribution in [2.45, 2.75) is 18.7 Å². The second kappa shape index (κ2) is 5.36. The number of sulfonamides is 1. The minimum Gasteiger partial charge on any atom is -0.328 e. The number of amides is 2. The Labute approximate surface area is 107 Å². The monoisotopic (exact) mass is 271 g/mol. The van der Waals surface area contributed by atoms with Crippen molar-refractivity contribution in [3.05, 3.63) is 23.8 Å². The van der Waals surface area contributed by atoms with Crippen LogP contribution in [-0.4, -0.2) is 32.9 Å². The Balaban J connectivity index is 3.06. The fourth-order valence-electron chi connectivity index (χ4n) is 1.27. The van der Waals surface area contributed by atoms with Gasteiger partial charge in [0.1, 0.15) is 0 Å². The van der Waals surface area contributed by atoms with Gasteiger partial charge in [0.25, 0.3) is 0 Å². The van der Waals surface area contributed by atoms with Crippen molar-refractivity contribution >= 4 is 21.7 Å². The van der Waals surface area contributed by atoms with Crippen LogP contribution >= 0.6 is 0 Å². The molecule has 0 aliphatic carbocycles. The van der Waals surface area contributed by atoms with Gasteiger partial charge in [-0.3, -0.25) is 0 Å². The van der Waals surface area contributed by atoms with E-state index in [1.165, 1.54) is 17.0 Å². The maximum absolute atomic E-state index is 11.7. The number of rotatable bonds is 3. The van der Waals surface area contributed by atoms with Crippen LogP contribution in [0.2, 0.25) is 0 Å². The van der Waals surface area contributed by atoms with Gasteiger partial charge in [0.15, 0.2) is 0 Å². The molecule has 1 aromatic rings. The van der Waals surface area contributed by atoms with Gasteiger partial charge in [0.2, 0.25) is 10.0 Å². The summed E-state index contributed by atoms with van der Waals surface area (Å²) < 4.78 is 22.5. The number of nitrogens with zero attached hydrogens (tertiary/aromatic N) is 1. The average Bonchev–Trinajstić information content (AvgIpc) is 2.29. The molecule has 7 heteroatoms. The number of primary sulfonamides is 1. The molecule has 0 saturated heterocycles. The first-order valence-corrected chi connectivity index (χ1v) is 6.96. The molecule has 0 atom stereocenters. The largest absolute Gasteiger partial charge is 0.328 e. The third-order valence-corrected chi connectivity index (χ3v) is 3.51. The number of hydrogen-bond acceptors (Lipinski definition) is 3. The van der Waals surface area contributed by atoms with Crippen LogP contribution in [0.5, 0.6) is 0 Å². The van der Waals surface area contributed by atoms with Crippen LogP contribution in [0.15, 0.2) is 23.1 Å². The Hall–Kier alpha value is -1.60. The van der Waals surface area contributed by atoms with E-state index in [-0.39, 0.29) is 10.9 Å². The number of aryl methyl sites for hydroxylation is 1. The number of carbonyl (C=O) groups excluding carboxylic acids is 1. The molecule has 0 radical (unpaired) electrons. The Kier molecular flexibility index (Phi) is 4.31. The van der Waals surface area contributed by atoms with Crippen LogP contribution in [0.1, 0.15) is 12.5 Å². The number of nitrogens with one attached hydrogen (secondary N) is 1. The second-order valence-electron chi connectivity index (χ2n) is 3.97. The highest BCUT2D eigenvalue weighted by Gasteiger charge is 2.13. The average molecular weight is 271 g/mol. The van der Waals surface area contributed by atoms with Crippen molar-refractivity contribution in [1.29, 1.82) is 0 Å². The number of hydrogen-bond donors (Lipinski definition) is 2. The van der Waals surface area contributed by atoms with Gasteiger partial charge in [-0.25, -0.2) is 18.4 Å². The molecule has 0 aliphatic heterocycles. The van der Waals surface area contributed by atoms with E-state index in [9.17, 15) is 13.2 Å². The quantitative estimate of drug-likeness (QED) is 0.863. The number of benzene rings is 1. The van der Waals surface area contributed by atoms with E-state index in [1.54, 1.807) is 20.0 Å². The minimum atomic E-state index is -3.77. The van der Waals surface area contributed by atoms with E-state index in [0.717, 1.165) is 5.56 Å². The topological polar surface area (TPSA) is 92.5 Å². The van der Waals surface area contributed by atoms with Gasteiger partial charge in [0, 0.05) is 19.3 Å². The molecule has 18 heavy (non-hydrogen) atoms. The lowest BCUT2D eigenvalue weighted by atomic mass is 10.2. The van der Waals surface area contributed by atoms with E-state index in [2.05, 4.69) is 5.32 Å². The molecule has 0 spiro atoms. The summed E-state index contributed by atoms with van der Waals surface area (Å²) in [5.74, 6) is 0. The molecule has 100 valence electrons. The van der Waals surface area contributed by atoms with Crippen LogP contribution in [0.3, 0.4) is 0 Å². The number of anilines is 1. The van der Waals surface area contributed by atoms with Gasteiger partial charge in [-0.05, 0) is 31.5 Å². The zero-order chi connectivity index (χ0) is 13.9. The lowest BCUT2D eigenvalue weighted by Crippen LogP contribution is -2.31. The van der Waals surface area contributed by atoms with Crippen LogP contribution in [0.4, 0.5) is 10.5 Å². The second-order valence-corrected chi connectivity index (χ2v) is 5.53. The predicted molar refractivity (Wildman–Crippen MR) is 69.9 cm³/mol. The van der Waals surface area contributed by atoms with E-state index in [0.29, 0.717) is 12.2 Å². The Bertz CT molecular complexity index is 555. The van der Waals surface area contributed by atoms with Gasteiger partial charge < -0.3 is 10.2 Å². The fourth-order valence-corrected chi connectivity index (χ4v) is 1.81. The van der Waals surface area contributed by atoms with Gasteiger partial charge >= 0.3 is 6.03 Å². The lowest BCUT2D eigenvalue weighted by Gasteiger charge is -2.17. The zero-order valence-electron chi connectivity index (χ0n) is 10.6. The molecule has 0 saturated carbocycles. The van der Waals surface area contributed by atoms with Crippen molar-refractivity contribution in [2.24, 2.45) is 5.14 Å². The maximum atomic E-state index is 11.7. The van der Waals surface area contributed by atoms with E-state index in [1.807, 2.05) is 6.92 Å². The number of carbonyl (C=O) groups is 1. The lowest BCUT2D eigenvalue weighted by molar-refractivity contribution is 0.224. The SMILES string of the molecule is CCN(C)C(=O)Nc1cc(S(N)(=O)=O)ccc1C. The van der Waals surface area contributed by atoms with E-state index in [4.69, 9.17) is 5.14 Å². The highest BCUT2D eigenvalue weighted by atomic mass is 32.2. The molecule has 0 aliphatic rings. The van der Waals surface area contributed by atoms with E-state index < -0.39 is 10.0 Å². The van der Waals surface area contributed by atoms with Crippen molar-refractivity contribution in [1.82, 2.24) is 4.90 Å². The third kappa shape index (κ3) is 3.44. The molecule has 6 nitrogen and oxygen atoms in total. The highest BCUT2D eigenvalue weighted by molar-refractivity contribution is 7.89. The molecule has 0 heterocycles. The third-order valence-electron chi connectivity index (χ3n) is 2.60.